The maximum absolute atomic E-state index is 13.1. The molecule has 7 heteroatoms. The molecule has 1 aliphatic rings. The molecule has 0 bridgehead atoms. The summed E-state index contributed by atoms with van der Waals surface area (Å²) in [5.41, 5.74) is -2.99. The van der Waals surface area contributed by atoms with Gasteiger partial charge in [-0.2, -0.15) is 0 Å². The van der Waals surface area contributed by atoms with E-state index in [9.17, 15) is 14.4 Å². The second kappa shape index (κ2) is 6.99. The third-order valence-electron chi connectivity index (χ3n) is 4.01. The SMILES string of the molecule is CC(C)(C)OC(=O)CN1C(=O)C(C)(C)N(C(=O)OC(C)(C)C)[C@H]1C(C)(C)C. The second-order valence-corrected chi connectivity index (χ2v) is 10.7. The molecule has 1 rings (SSSR count). The summed E-state index contributed by atoms with van der Waals surface area (Å²) in [6, 6.07) is 0. The standard InChI is InChI=1S/C20H36N2O5/c1-17(2,3)14-21(12-13(23)26-18(4,5)6)15(24)20(10,11)22(14)16(25)27-19(7,8)9/h14H,12H2,1-11H3/t14-/m0/s1. The Labute approximate surface area is 163 Å². The zero-order chi connectivity index (χ0) is 21.6. The highest BCUT2D eigenvalue weighted by molar-refractivity contribution is 5.95. The lowest BCUT2D eigenvalue weighted by Gasteiger charge is -2.41. The van der Waals surface area contributed by atoms with Crippen LogP contribution in [0.2, 0.25) is 0 Å². The number of amides is 2. The van der Waals surface area contributed by atoms with Crippen LogP contribution >= 0.6 is 0 Å². The highest BCUT2D eigenvalue weighted by Crippen LogP contribution is 2.40. The molecule has 2 amide bonds. The maximum atomic E-state index is 13.1. The Kier molecular flexibility index (Phi) is 6.01. The molecule has 0 aromatic rings. The van der Waals surface area contributed by atoms with E-state index in [-0.39, 0.29) is 12.5 Å². The topological polar surface area (TPSA) is 76.2 Å². The van der Waals surface area contributed by atoms with Crippen LogP contribution in [0.15, 0.2) is 0 Å². The number of rotatable bonds is 2. The van der Waals surface area contributed by atoms with Gasteiger partial charge in [-0.25, -0.2) is 4.79 Å². The van der Waals surface area contributed by atoms with Gasteiger partial charge in [0.15, 0.2) is 0 Å². The molecule has 0 unspecified atom stereocenters. The molecule has 1 atom stereocenters. The summed E-state index contributed by atoms with van der Waals surface area (Å²) in [6.07, 6.45) is -1.21. The molecule has 27 heavy (non-hydrogen) atoms. The summed E-state index contributed by atoms with van der Waals surface area (Å²) in [7, 11) is 0. The predicted molar refractivity (Wildman–Crippen MR) is 103 cm³/mol. The monoisotopic (exact) mass is 384 g/mol. The molecule has 0 spiro atoms. The van der Waals surface area contributed by atoms with E-state index in [1.807, 2.05) is 20.8 Å². The van der Waals surface area contributed by atoms with Gasteiger partial charge in [-0.1, -0.05) is 20.8 Å². The fourth-order valence-corrected chi connectivity index (χ4v) is 3.18. The molecule has 0 N–H and O–H groups in total. The molecule has 0 saturated carbocycles. The molecule has 156 valence electrons. The first kappa shape index (κ1) is 23.2. The number of ether oxygens (including phenoxy) is 2. The quantitative estimate of drug-likeness (QED) is 0.681. The van der Waals surface area contributed by atoms with E-state index < -0.39 is 40.4 Å². The van der Waals surface area contributed by atoms with Crippen molar-refractivity contribution in [3.63, 3.8) is 0 Å². The summed E-state index contributed by atoms with van der Waals surface area (Å²) >= 11 is 0. The van der Waals surface area contributed by atoms with Crippen LogP contribution in [0.1, 0.15) is 76.2 Å². The Morgan fingerprint density at radius 3 is 1.74 bits per heavy atom. The van der Waals surface area contributed by atoms with Crippen molar-refractivity contribution in [2.24, 2.45) is 5.41 Å². The van der Waals surface area contributed by atoms with Gasteiger partial charge in [-0.3, -0.25) is 14.5 Å². The predicted octanol–water partition coefficient (Wildman–Crippen LogP) is 3.56. The van der Waals surface area contributed by atoms with Crippen LogP contribution < -0.4 is 0 Å². The van der Waals surface area contributed by atoms with Crippen molar-refractivity contribution in [2.75, 3.05) is 6.54 Å². The van der Waals surface area contributed by atoms with Crippen molar-refractivity contribution in [1.82, 2.24) is 9.80 Å². The van der Waals surface area contributed by atoms with Gasteiger partial charge in [-0.05, 0) is 55.4 Å². The van der Waals surface area contributed by atoms with Crippen LogP contribution in [0.3, 0.4) is 0 Å². The van der Waals surface area contributed by atoms with Gasteiger partial charge < -0.3 is 14.4 Å². The molecule has 1 fully saturated rings. The van der Waals surface area contributed by atoms with E-state index in [0.29, 0.717) is 0 Å². The van der Waals surface area contributed by atoms with Crippen molar-refractivity contribution >= 4 is 18.0 Å². The van der Waals surface area contributed by atoms with Crippen molar-refractivity contribution in [2.45, 2.75) is 99.1 Å². The number of hydrogen-bond acceptors (Lipinski definition) is 5. The molecular weight excluding hydrogens is 348 g/mol. The molecule has 0 aromatic heterocycles. The first-order valence-corrected chi connectivity index (χ1v) is 9.32. The van der Waals surface area contributed by atoms with E-state index >= 15 is 0 Å². The molecule has 0 aliphatic carbocycles. The third-order valence-corrected chi connectivity index (χ3v) is 4.01. The van der Waals surface area contributed by atoms with E-state index in [0.717, 1.165) is 0 Å². The first-order chi connectivity index (χ1) is 11.8. The van der Waals surface area contributed by atoms with Gasteiger partial charge in [-0.15, -0.1) is 0 Å². The number of esters is 1. The Morgan fingerprint density at radius 2 is 1.37 bits per heavy atom. The molecular formula is C20H36N2O5. The Hall–Kier alpha value is -1.79. The zero-order valence-corrected chi connectivity index (χ0v) is 18.7. The van der Waals surface area contributed by atoms with Gasteiger partial charge >= 0.3 is 12.1 Å². The highest BCUT2D eigenvalue weighted by Gasteiger charge is 2.58. The number of carbonyl (C=O) groups is 3. The summed E-state index contributed by atoms with van der Waals surface area (Å²) < 4.78 is 10.9. The Morgan fingerprint density at radius 1 is 0.926 bits per heavy atom. The smallest absolute Gasteiger partial charge is 0.412 e. The van der Waals surface area contributed by atoms with Crippen LogP contribution in [0.4, 0.5) is 4.79 Å². The lowest BCUT2D eigenvalue weighted by molar-refractivity contribution is -0.160. The van der Waals surface area contributed by atoms with Crippen LogP contribution in [0.5, 0.6) is 0 Å². The van der Waals surface area contributed by atoms with Crippen molar-refractivity contribution in [3.05, 3.63) is 0 Å². The summed E-state index contributed by atoms with van der Waals surface area (Å²) in [6.45, 7) is 19.5. The molecule has 1 heterocycles. The van der Waals surface area contributed by atoms with Gasteiger partial charge in [0.25, 0.3) is 0 Å². The van der Waals surface area contributed by atoms with E-state index in [1.54, 1.807) is 55.4 Å². The van der Waals surface area contributed by atoms with Gasteiger partial charge in [0.05, 0.1) is 0 Å². The van der Waals surface area contributed by atoms with Crippen molar-refractivity contribution < 1.29 is 23.9 Å². The molecule has 0 radical (unpaired) electrons. The number of nitrogens with zero attached hydrogens (tertiary/aromatic N) is 2. The van der Waals surface area contributed by atoms with Gasteiger partial charge in [0.1, 0.15) is 29.5 Å². The minimum atomic E-state index is -1.14. The normalized spacial score (nSPS) is 20.7. The fourth-order valence-electron chi connectivity index (χ4n) is 3.18. The van der Waals surface area contributed by atoms with Crippen molar-refractivity contribution in [3.8, 4) is 0 Å². The highest BCUT2D eigenvalue weighted by atomic mass is 16.6. The Bertz CT molecular complexity index is 605. The summed E-state index contributed by atoms with van der Waals surface area (Å²) in [5.74, 6) is -0.814. The van der Waals surface area contributed by atoms with E-state index in [1.165, 1.54) is 9.80 Å². The lowest BCUT2D eigenvalue weighted by Crippen LogP contribution is -2.55. The number of hydrogen-bond donors (Lipinski definition) is 0. The van der Waals surface area contributed by atoms with E-state index in [2.05, 4.69) is 0 Å². The number of carbonyl (C=O) groups excluding carboxylic acids is 3. The second-order valence-electron chi connectivity index (χ2n) is 10.7. The summed E-state index contributed by atoms with van der Waals surface area (Å²) in [4.78, 5) is 41.4. The first-order valence-electron chi connectivity index (χ1n) is 9.32. The van der Waals surface area contributed by atoms with Crippen LogP contribution in [0, 0.1) is 5.41 Å². The maximum Gasteiger partial charge on any atom is 0.412 e. The van der Waals surface area contributed by atoms with Crippen LogP contribution in [0.25, 0.3) is 0 Å². The molecule has 0 aromatic carbocycles. The fraction of sp³-hybridized carbons (Fsp3) is 0.850. The minimum Gasteiger partial charge on any atom is -0.459 e. The summed E-state index contributed by atoms with van der Waals surface area (Å²) in [5, 5.41) is 0. The zero-order valence-electron chi connectivity index (χ0n) is 18.7. The average molecular weight is 385 g/mol. The average Bonchev–Trinajstić information content (AvgIpc) is 2.54. The lowest BCUT2D eigenvalue weighted by atomic mass is 9.90. The van der Waals surface area contributed by atoms with Crippen molar-refractivity contribution in [1.29, 1.82) is 0 Å². The van der Waals surface area contributed by atoms with Crippen LogP contribution in [-0.4, -0.2) is 57.2 Å². The molecule has 7 nitrogen and oxygen atoms in total. The molecule has 1 saturated heterocycles. The Balaban J connectivity index is 3.30. The van der Waals surface area contributed by atoms with Gasteiger partial charge in [0.2, 0.25) is 5.91 Å². The van der Waals surface area contributed by atoms with Crippen LogP contribution in [-0.2, 0) is 19.1 Å². The molecule has 1 aliphatic heterocycles. The third kappa shape index (κ3) is 5.59. The van der Waals surface area contributed by atoms with Gasteiger partial charge in [0, 0.05) is 5.41 Å². The largest absolute Gasteiger partial charge is 0.459 e. The van der Waals surface area contributed by atoms with E-state index in [4.69, 9.17) is 9.47 Å². The minimum absolute atomic E-state index is 0.221.